The van der Waals surface area contributed by atoms with Gasteiger partial charge in [0.25, 0.3) is 0 Å². The summed E-state index contributed by atoms with van der Waals surface area (Å²) in [6.45, 7) is 1.65. The van der Waals surface area contributed by atoms with Crippen LogP contribution in [0.3, 0.4) is 0 Å². The first-order chi connectivity index (χ1) is 13.1. The molecule has 3 rings (SSSR count). The number of aryl methyl sites for hydroxylation is 1. The summed E-state index contributed by atoms with van der Waals surface area (Å²) in [7, 11) is 0. The highest BCUT2D eigenvalue weighted by molar-refractivity contribution is 9.10. The maximum atomic E-state index is 11.8. The number of halogens is 1. The molecule has 0 aliphatic carbocycles. The lowest BCUT2D eigenvalue weighted by Gasteiger charge is -2.32. The average Bonchev–Trinajstić information content (AvgIpc) is 2.67. The molecular formula is C21H23BrO4S. The molecule has 2 aromatic rings. The minimum atomic E-state index is -0.787. The largest absolute Gasteiger partial charge is 0.494 e. The minimum Gasteiger partial charge on any atom is -0.494 e. The summed E-state index contributed by atoms with van der Waals surface area (Å²) in [5.41, 5.74) is 1.29. The van der Waals surface area contributed by atoms with Crippen molar-refractivity contribution in [1.29, 1.82) is 0 Å². The van der Waals surface area contributed by atoms with E-state index in [9.17, 15) is 9.90 Å². The topological polar surface area (TPSA) is 55.8 Å². The predicted octanol–water partition coefficient (Wildman–Crippen LogP) is 5.19. The molecule has 0 aromatic heterocycles. The zero-order valence-corrected chi connectivity index (χ0v) is 17.4. The molecule has 0 bridgehead atoms. The number of carbonyl (C=O) groups is 1. The molecule has 0 unspecified atom stereocenters. The Morgan fingerprint density at radius 3 is 2.59 bits per heavy atom. The number of rotatable bonds is 8. The number of hydrogen-bond acceptors (Lipinski definition) is 4. The highest BCUT2D eigenvalue weighted by Gasteiger charge is 2.41. The fraction of sp³-hybridized carbons (Fsp3) is 0.381. The van der Waals surface area contributed by atoms with E-state index in [0.717, 1.165) is 28.0 Å². The fourth-order valence-electron chi connectivity index (χ4n) is 3.05. The zero-order valence-electron chi connectivity index (χ0n) is 15.0. The Bertz CT molecular complexity index is 757. The summed E-state index contributed by atoms with van der Waals surface area (Å²) >= 11 is 4.90. The van der Waals surface area contributed by atoms with Crippen LogP contribution in [-0.4, -0.2) is 35.6 Å². The summed E-state index contributed by atoms with van der Waals surface area (Å²) in [5, 5.41) is 9.66. The van der Waals surface area contributed by atoms with Crippen LogP contribution in [0.15, 0.2) is 57.9 Å². The molecule has 6 heteroatoms. The van der Waals surface area contributed by atoms with Crippen molar-refractivity contribution in [2.45, 2.75) is 35.3 Å². The van der Waals surface area contributed by atoms with E-state index in [4.69, 9.17) is 9.47 Å². The van der Waals surface area contributed by atoms with Crippen LogP contribution in [0.2, 0.25) is 0 Å². The molecule has 2 aromatic carbocycles. The van der Waals surface area contributed by atoms with Crippen molar-refractivity contribution in [2.75, 3.05) is 19.8 Å². The van der Waals surface area contributed by atoms with Gasteiger partial charge < -0.3 is 14.6 Å². The van der Waals surface area contributed by atoms with Crippen LogP contribution in [-0.2, 0) is 16.0 Å². The third-order valence-corrected chi connectivity index (χ3v) is 6.57. The fourth-order valence-corrected chi connectivity index (χ4v) is 4.68. The number of ether oxygens (including phenoxy) is 2. The first kappa shape index (κ1) is 20.2. The quantitative estimate of drug-likeness (QED) is 0.560. The van der Waals surface area contributed by atoms with Crippen LogP contribution in [0.4, 0.5) is 0 Å². The molecule has 0 atom stereocenters. The van der Waals surface area contributed by atoms with E-state index in [1.165, 1.54) is 17.3 Å². The van der Waals surface area contributed by atoms with E-state index in [1.54, 1.807) is 0 Å². The molecule has 0 amide bonds. The molecule has 4 nitrogen and oxygen atoms in total. The van der Waals surface area contributed by atoms with Gasteiger partial charge in [0.05, 0.1) is 6.61 Å². The van der Waals surface area contributed by atoms with Gasteiger partial charge in [-0.2, -0.15) is 0 Å². The Kier molecular flexibility index (Phi) is 7.21. The van der Waals surface area contributed by atoms with Gasteiger partial charge in [0.15, 0.2) is 0 Å². The Morgan fingerprint density at radius 2 is 1.93 bits per heavy atom. The van der Waals surface area contributed by atoms with Gasteiger partial charge in [-0.25, -0.2) is 0 Å². The smallest absolute Gasteiger partial charge is 0.320 e. The van der Waals surface area contributed by atoms with Crippen molar-refractivity contribution in [3.05, 3.63) is 58.6 Å². The number of hydrogen-bond donors (Lipinski definition) is 1. The Balaban J connectivity index is 1.49. The molecule has 144 valence electrons. The SMILES string of the molecule is O=C(O)C1(Sc2ccc(OCCCc3cccc(Br)c3)cc2)CCOCC1. The predicted molar refractivity (Wildman–Crippen MR) is 111 cm³/mol. The number of benzene rings is 2. The van der Waals surface area contributed by atoms with Gasteiger partial charge in [-0.1, -0.05) is 28.1 Å². The van der Waals surface area contributed by atoms with Crippen LogP contribution in [0.1, 0.15) is 24.8 Å². The lowest BCUT2D eigenvalue weighted by molar-refractivity contribution is -0.142. The molecule has 1 heterocycles. The van der Waals surface area contributed by atoms with Crippen LogP contribution in [0.25, 0.3) is 0 Å². The lowest BCUT2D eigenvalue weighted by atomic mass is 9.99. The van der Waals surface area contributed by atoms with E-state index < -0.39 is 10.7 Å². The van der Waals surface area contributed by atoms with Crippen LogP contribution < -0.4 is 4.74 Å². The molecule has 0 radical (unpaired) electrons. The first-order valence-electron chi connectivity index (χ1n) is 9.05. The second-order valence-electron chi connectivity index (χ2n) is 6.57. The molecule has 0 saturated carbocycles. The number of carboxylic acids is 1. The van der Waals surface area contributed by atoms with Crippen LogP contribution >= 0.6 is 27.7 Å². The maximum Gasteiger partial charge on any atom is 0.320 e. The van der Waals surface area contributed by atoms with Crippen molar-refractivity contribution < 1.29 is 19.4 Å². The Hall–Kier alpha value is -1.50. The van der Waals surface area contributed by atoms with Crippen molar-refractivity contribution >= 4 is 33.7 Å². The first-order valence-corrected chi connectivity index (χ1v) is 10.7. The van der Waals surface area contributed by atoms with Crippen LogP contribution in [0, 0.1) is 0 Å². The molecule has 1 saturated heterocycles. The van der Waals surface area contributed by atoms with E-state index >= 15 is 0 Å². The summed E-state index contributed by atoms with van der Waals surface area (Å²) in [6, 6.07) is 16.0. The van der Waals surface area contributed by atoms with Gasteiger partial charge >= 0.3 is 5.97 Å². The van der Waals surface area contributed by atoms with Gasteiger partial charge in [-0.05, 0) is 67.6 Å². The molecular weight excluding hydrogens is 428 g/mol. The highest BCUT2D eigenvalue weighted by atomic mass is 79.9. The van der Waals surface area contributed by atoms with Crippen molar-refractivity contribution in [3.63, 3.8) is 0 Å². The van der Waals surface area contributed by atoms with E-state index in [1.807, 2.05) is 36.4 Å². The maximum absolute atomic E-state index is 11.8. The molecule has 0 spiro atoms. The second kappa shape index (κ2) is 9.62. The van der Waals surface area contributed by atoms with Crippen molar-refractivity contribution in [2.24, 2.45) is 0 Å². The lowest BCUT2D eigenvalue weighted by Crippen LogP contribution is -2.40. The normalized spacial score (nSPS) is 16.0. The van der Waals surface area contributed by atoms with Gasteiger partial charge in [-0.15, -0.1) is 11.8 Å². The van der Waals surface area contributed by atoms with E-state index in [0.29, 0.717) is 32.7 Å². The molecule has 27 heavy (non-hydrogen) atoms. The van der Waals surface area contributed by atoms with E-state index in [2.05, 4.69) is 28.1 Å². The average molecular weight is 451 g/mol. The number of carboxylic acid groups (broad SMARTS) is 1. The van der Waals surface area contributed by atoms with Gasteiger partial charge in [0, 0.05) is 22.6 Å². The molecule has 1 aliphatic rings. The summed E-state index contributed by atoms with van der Waals surface area (Å²) in [5.74, 6) is 0.0496. The van der Waals surface area contributed by atoms with Gasteiger partial charge in [0.1, 0.15) is 10.5 Å². The minimum absolute atomic E-state index is 0.498. The monoisotopic (exact) mass is 450 g/mol. The van der Waals surface area contributed by atoms with E-state index in [-0.39, 0.29) is 0 Å². The summed E-state index contributed by atoms with van der Waals surface area (Å²) in [4.78, 5) is 12.7. The third-order valence-electron chi connectivity index (χ3n) is 4.59. The van der Waals surface area contributed by atoms with Crippen molar-refractivity contribution in [3.8, 4) is 5.75 Å². The number of thioether (sulfide) groups is 1. The number of aliphatic carboxylic acids is 1. The summed E-state index contributed by atoms with van der Waals surface area (Å²) in [6.07, 6.45) is 2.97. The molecule has 1 aliphatic heterocycles. The zero-order chi connectivity index (χ0) is 19.1. The molecule has 1 N–H and O–H groups in total. The molecule has 1 fully saturated rings. The van der Waals surface area contributed by atoms with Crippen molar-refractivity contribution in [1.82, 2.24) is 0 Å². The Morgan fingerprint density at radius 1 is 1.19 bits per heavy atom. The Labute approximate surface area is 172 Å². The van der Waals surface area contributed by atoms with Crippen LogP contribution in [0.5, 0.6) is 5.75 Å². The third kappa shape index (κ3) is 5.74. The second-order valence-corrected chi connectivity index (χ2v) is 8.94. The highest BCUT2D eigenvalue weighted by Crippen LogP contribution is 2.41. The van der Waals surface area contributed by atoms with Gasteiger partial charge in [-0.3, -0.25) is 4.79 Å². The standard InChI is InChI=1S/C21H23BrO4S/c22-17-5-1-3-16(15-17)4-2-12-26-18-6-8-19(9-7-18)27-21(20(23)24)10-13-25-14-11-21/h1,3,5-9,15H,2,4,10-14H2,(H,23,24). The summed E-state index contributed by atoms with van der Waals surface area (Å²) < 4.78 is 11.5. The van der Waals surface area contributed by atoms with Gasteiger partial charge in [0.2, 0.25) is 0 Å².